The molecule has 7 heteroatoms. The molecule has 4 aromatic rings. The van der Waals surface area contributed by atoms with Gasteiger partial charge in [-0.2, -0.15) is 9.97 Å². The Morgan fingerprint density at radius 1 is 0.973 bits per heavy atom. The van der Waals surface area contributed by atoms with Crippen molar-refractivity contribution in [1.29, 1.82) is 0 Å². The third-order valence-corrected chi connectivity index (χ3v) is 8.55. The number of hydrogen-bond acceptors (Lipinski definition) is 7. The Kier molecular flexibility index (Phi) is 5.63. The summed E-state index contributed by atoms with van der Waals surface area (Å²) >= 11 is 0. The summed E-state index contributed by atoms with van der Waals surface area (Å²) in [5, 5.41) is 7.01. The number of nitrogen functional groups attached to an aromatic ring is 1. The molecule has 0 unspecified atom stereocenters. The van der Waals surface area contributed by atoms with E-state index < -0.39 is 0 Å². The van der Waals surface area contributed by atoms with Crippen LogP contribution in [0.15, 0.2) is 54.6 Å². The average molecular weight is 495 g/mol. The van der Waals surface area contributed by atoms with E-state index in [-0.39, 0.29) is 0 Å². The number of nitrogens with two attached hydrogens (primary N) is 1. The lowest BCUT2D eigenvalue weighted by molar-refractivity contribution is 0.188. The lowest BCUT2D eigenvalue weighted by Crippen LogP contribution is -2.52. The van der Waals surface area contributed by atoms with Gasteiger partial charge in [-0.15, -0.1) is 0 Å². The lowest BCUT2D eigenvalue weighted by atomic mass is 9.96. The number of ether oxygens (including phenoxy) is 1. The van der Waals surface area contributed by atoms with Gasteiger partial charge in [0, 0.05) is 42.3 Å². The third-order valence-electron chi connectivity index (χ3n) is 8.55. The van der Waals surface area contributed by atoms with E-state index in [0.29, 0.717) is 30.7 Å². The van der Waals surface area contributed by atoms with Crippen molar-refractivity contribution in [3.05, 3.63) is 54.6 Å². The highest BCUT2D eigenvalue weighted by molar-refractivity contribution is 6.01. The second-order valence-electron chi connectivity index (χ2n) is 10.9. The van der Waals surface area contributed by atoms with E-state index >= 15 is 0 Å². The standard InChI is InChI=1S/C30H34N6O/c1-35-12-4-6-24(35)18-37-30-33-28-14-20(27-15-21(31)13-19-5-2-3-7-25(19)27)8-11-26(28)29(34-30)36-22-9-10-23(36)17-32-16-22/h2-3,5,7-8,11,13-15,22-24,32H,4,6,9-10,12,16-18,31H2,1H3/t22-,23+,24-/m0/s1. The van der Waals surface area contributed by atoms with Gasteiger partial charge in [-0.1, -0.05) is 30.3 Å². The summed E-state index contributed by atoms with van der Waals surface area (Å²) in [5.74, 6) is 1.01. The molecule has 0 amide bonds. The van der Waals surface area contributed by atoms with Crippen molar-refractivity contribution >= 4 is 33.2 Å². The number of anilines is 2. The normalized spacial score (nSPS) is 23.8. The summed E-state index contributed by atoms with van der Waals surface area (Å²) in [5.41, 5.74) is 10.2. The van der Waals surface area contributed by atoms with Gasteiger partial charge in [0.25, 0.3) is 0 Å². The number of nitrogens with zero attached hydrogens (tertiary/aromatic N) is 4. The molecule has 3 saturated heterocycles. The largest absolute Gasteiger partial charge is 0.462 e. The van der Waals surface area contributed by atoms with Gasteiger partial charge in [0.15, 0.2) is 0 Å². The smallest absolute Gasteiger partial charge is 0.319 e. The van der Waals surface area contributed by atoms with Crippen LogP contribution in [0.25, 0.3) is 32.8 Å². The highest BCUT2D eigenvalue weighted by atomic mass is 16.5. The van der Waals surface area contributed by atoms with Crippen LogP contribution in [-0.2, 0) is 0 Å². The zero-order chi connectivity index (χ0) is 24.9. The van der Waals surface area contributed by atoms with Crippen LogP contribution in [0.3, 0.4) is 0 Å². The minimum Gasteiger partial charge on any atom is -0.462 e. The Balaban J connectivity index is 1.34. The first-order valence-electron chi connectivity index (χ1n) is 13.6. The number of rotatable bonds is 5. The van der Waals surface area contributed by atoms with E-state index in [1.54, 1.807) is 0 Å². The second kappa shape index (κ2) is 9.15. The van der Waals surface area contributed by atoms with Crippen LogP contribution in [0.1, 0.15) is 25.7 Å². The molecule has 3 atom stereocenters. The maximum absolute atomic E-state index is 6.31. The Morgan fingerprint density at radius 3 is 2.62 bits per heavy atom. The number of likely N-dealkylation sites (N-methyl/N-ethyl adjacent to an activating group) is 1. The molecule has 0 radical (unpaired) electrons. The van der Waals surface area contributed by atoms with Gasteiger partial charge in [0.1, 0.15) is 12.4 Å². The van der Waals surface area contributed by atoms with E-state index in [0.717, 1.165) is 65.0 Å². The van der Waals surface area contributed by atoms with E-state index in [1.165, 1.54) is 24.6 Å². The van der Waals surface area contributed by atoms with Crippen LogP contribution in [0, 0.1) is 0 Å². The fourth-order valence-electron chi connectivity index (χ4n) is 6.58. The van der Waals surface area contributed by atoms with Gasteiger partial charge in [0.05, 0.1) is 5.52 Å². The second-order valence-corrected chi connectivity index (χ2v) is 10.9. The van der Waals surface area contributed by atoms with E-state index in [1.807, 2.05) is 6.07 Å². The summed E-state index contributed by atoms with van der Waals surface area (Å²) in [7, 11) is 2.17. The summed E-state index contributed by atoms with van der Waals surface area (Å²) in [6.07, 6.45) is 4.76. The number of fused-ring (bicyclic) bond motifs is 4. The Morgan fingerprint density at radius 2 is 1.81 bits per heavy atom. The highest BCUT2D eigenvalue weighted by Crippen LogP contribution is 2.39. The fraction of sp³-hybridized carbons (Fsp3) is 0.400. The number of piperazine rings is 1. The van der Waals surface area contributed by atoms with Crippen molar-refractivity contribution in [2.24, 2.45) is 0 Å². The van der Waals surface area contributed by atoms with Gasteiger partial charge >= 0.3 is 6.01 Å². The molecule has 7 nitrogen and oxygen atoms in total. The average Bonchev–Trinajstić information content (AvgIpc) is 3.43. The van der Waals surface area contributed by atoms with Gasteiger partial charge < -0.3 is 25.6 Å². The SMILES string of the molecule is CN1CCC[C@H]1COc1nc(N2[C@@H]3CC[C@H]2CNC3)c2ccc(-c3cc(N)cc4ccccc34)cc2n1. The molecule has 0 saturated carbocycles. The van der Waals surface area contributed by atoms with Crippen molar-refractivity contribution in [2.75, 3.05) is 43.9 Å². The van der Waals surface area contributed by atoms with Gasteiger partial charge in [-0.25, -0.2) is 0 Å². The molecule has 1 aromatic heterocycles. The molecule has 3 aliphatic rings. The molecule has 4 heterocycles. The zero-order valence-electron chi connectivity index (χ0n) is 21.4. The van der Waals surface area contributed by atoms with Crippen molar-refractivity contribution in [2.45, 2.75) is 43.8 Å². The molecule has 2 bridgehead atoms. The minimum absolute atomic E-state index is 0.420. The topological polar surface area (TPSA) is 79.5 Å². The maximum atomic E-state index is 6.31. The number of nitrogens with one attached hydrogen (secondary N) is 1. The minimum atomic E-state index is 0.420. The van der Waals surface area contributed by atoms with Crippen LogP contribution >= 0.6 is 0 Å². The van der Waals surface area contributed by atoms with Crippen LogP contribution in [0.4, 0.5) is 11.5 Å². The van der Waals surface area contributed by atoms with Crippen molar-refractivity contribution < 1.29 is 4.74 Å². The molecular formula is C30H34N6O. The molecule has 37 heavy (non-hydrogen) atoms. The third kappa shape index (κ3) is 4.06. The van der Waals surface area contributed by atoms with Crippen LogP contribution in [0.2, 0.25) is 0 Å². The quantitative estimate of drug-likeness (QED) is 0.397. The Bertz CT molecular complexity index is 1460. The first-order chi connectivity index (χ1) is 18.1. The molecule has 0 aliphatic carbocycles. The fourth-order valence-corrected chi connectivity index (χ4v) is 6.58. The monoisotopic (exact) mass is 494 g/mol. The molecule has 0 spiro atoms. The maximum Gasteiger partial charge on any atom is 0.319 e. The predicted octanol–water partition coefficient (Wildman–Crippen LogP) is 4.45. The summed E-state index contributed by atoms with van der Waals surface area (Å²) in [6, 6.07) is 20.9. The summed E-state index contributed by atoms with van der Waals surface area (Å²) < 4.78 is 6.30. The Labute approximate surface area is 217 Å². The predicted molar refractivity (Wildman–Crippen MR) is 150 cm³/mol. The van der Waals surface area contributed by atoms with E-state index in [2.05, 4.69) is 70.7 Å². The molecule has 190 valence electrons. The molecular weight excluding hydrogens is 460 g/mol. The summed E-state index contributed by atoms with van der Waals surface area (Å²) in [6.45, 7) is 3.74. The van der Waals surface area contributed by atoms with Crippen LogP contribution in [0.5, 0.6) is 6.01 Å². The van der Waals surface area contributed by atoms with Crippen LogP contribution < -0.4 is 20.7 Å². The first-order valence-corrected chi connectivity index (χ1v) is 13.6. The molecule has 3 fully saturated rings. The molecule has 3 aromatic carbocycles. The highest BCUT2D eigenvalue weighted by Gasteiger charge is 2.38. The van der Waals surface area contributed by atoms with E-state index in [9.17, 15) is 0 Å². The van der Waals surface area contributed by atoms with Crippen molar-refractivity contribution in [3.8, 4) is 17.1 Å². The van der Waals surface area contributed by atoms with Gasteiger partial charge in [-0.3, -0.25) is 0 Å². The lowest BCUT2D eigenvalue weighted by Gasteiger charge is -2.37. The molecule has 7 rings (SSSR count). The Hall–Kier alpha value is -3.42. The van der Waals surface area contributed by atoms with Crippen LogP contribution in [-0.4, -0.2) is 66.3 Å². The van der Waals surface area contributed by atoms with Gasteiger partial charge in [0.2, 0.25) is 0 Å². The number of hydrogen-bond donors (Lipinski definition) is 2. The van der Waals surface area contributed by atoms with Crippen molar-refractivity contribution in [3.63, 3.8) is 0 Å². The number of aromatic nitrogens is 2. The van der Waals surface area contributed by atoms with E-state index in [4.69, 9.17) is 20.4 Å². The number of likely N-dealkylation sites (tertiary alicyclic amines) is 1. The summed E-state index contributed by atoms with van der Waals surface area (Å²) in [4.78, 5) is 14.9. The van der Waals surface area contributed by atoms with Crippen molar-refractivity contribution in [1.82, 2.24) is 20.2 Å². The molecule has 3 N–H and O–H groups in total. The zero-order valence-corrected chi connectivity index (χ0v) is 21.4. The first kappa shape index (κ1) is 22.8. The molecule has 3 aliphatic heterocycles. The van der Waals surface area contributed by atoms with Gasteiger partial charge in [-0.05, 0) is 85.4 Å². The number of benzene rings is 3.